The molecule has 0 bridgehead atoms. The minimum absolute atomic E-state index is 0.232. The summed E-state index contributed by atoms with van der Waals surface area (Å²) in [7, 11) is 0. The maximum Gasteiger partial charge on any atom is 0.410 e. The number of carbonyl (C=O) groups excluding carboxylic acids is 1. The zero-order valence-electron chi connectivity index (χ0n) is 15.2. The number of nitrogens with zero attached hydrogens (tertiary/aromatic N) is 2. The molecule has 0 spiro atoms. The van der Waals surface area contributed by atoms with Crippen molar-refractivity contribution in [2.75, 3.05) is 19.7 Å². The molecule has 5 heteroatoms. The third-order valence-corrected chi connectivity index (χ3v) is 4.24. The first-order valence-corrected chi connectivity index (χ1v) is 8.87. The van der Waals surface area contributed by atoms with E-state index >= 15 is 0 Å². The molecule has 134 valence electrons. The smallest absolute Gasteiger partial charge is 0.410 e. The molecule has 1 fully saturated rings. The van der Waals surface area contributed by atoms with Gasteiger partial charge in [0.1, 0.15) is 16.9 Å². The van der Waals surface area contributed by atoms with Gasteiger partial charge in [0.2, 0.25) is 0 Å². The van der Waals surface area contributed by atoms with Crippen molar-refractivity contribution in [2.24, 2.45) is 5.92 Å². The molecule has 1 aromatic heterocycles. The van der Waals surface area contributed by atoms with Gasteiger partial charge in [-0.2, -0.15) is 0 Å². The van der Waals surface area contributed by atoms with Crippen molar-refractivity contribution in [3.63, 3.8) is 0 Å². The molecule has 3 rings (SSSR count). The van der Waals surface area contributed by atoms with Gasteiger partial charge < -0.3 is 14.4 Å². The summed E-state index contributed by atoms with van der Waals surface area (Å²) in [6.45, 7) is 7.68. The Labute approximate surface area is 148 Å². The summed E-state index contributed by atoms with van der Waals surface area (Å²) in [5.74, 6) is 1.10. The van der Waals surface area contributed by atoms with E-state index in [0.717, 1.165) is 36.0 Å². The number of ether oxygens (including phenoxy) is 2. The fraction of sp³-hybridized carbons (Fsp3) is 0.500. The van der Waals surface area contributed by atoms with E-state index in [-0.39, 0.29) is 6.09 Å². The van der Waals surface area contributed by atoms with E-state index in [2.05, 4.69) is 4.98 Å². The molecule has 0 radical (unpaired) electrons. The lowest BCUT2D eigenvalue weighted by atomic mass is 9.99. The lowest BCUT2D eigenvalue weighted by molar-refractivity contribution is 0.0139. The molecule has 0 N–H and O–H groups in total. The van der Waals surface area contributed by atoms with Crippen molar-refractivity contribution in [3.05, 3.63) is 36.5 Å². The predicted octanol–water partition coefficient (Wildman–Crippen LogP) is 4.26. The Morgan fingerprint density at radius 2 is 2.08 bits per heavy atom. The van der Waals surface area contributed by atoms with Crippen molar-refractivity contribution >= 4 is 17.0 Å². The zero-order valence-corrected chi connectivity index (χ0v) is 15.2. The second-order valence-corrected chi connectivity index (χ2v) is 7.58. The number of fused-ring (bicyclic) bond motifs is 1. The van der Waals surface area contributed by atoms with Crippen LogP contribution in [0.3, 0.4) is 0 Å². The van der Waals surface area contributed by atoms with Gasteiger partial charge in [-0.25, -0.2) is 4.79 Å². The van der Waals surface area contributed by atoms with E-state index in [1.807, 2.05) is 51.1 Å². The van der Waals surface area contributed by atoms with Crippen LogP contribution in [0.4, 0.5) is 4.79 Å². The molecule has 2 aromatic rings. The number of likely N-dealkylation sites (tertiary alicyclic amines) is 1. The Kier molecular flexibility index (Phi) is 5.11. The average molecular weight is 342 g/mol. The summed E-state index contributed by atoms with van der Waals surface area (Å²) >= 11 is 0. The van der Waals surface area contributed by atoms with Crippen LogP contribution in [0.15, 0.2) is 36.5 Å². The number of amides is 1. The Bertz CT molecular complexity index is 734. The molecular formula is C20H26N2O3. The van der Waals surface area contributed by atoms with Gasteiger partial charge in [-0.1, -0.05) is 18.2 Å². The van der Waals surface area contributed by atoms with Crippen LogP contribution in [0, 0.1) is 5.92 Å². The maximum absolute atomic E-state index is 12.3. The van der Waals surface area contributed by atoms with Crippen LogP contribution >= 0.6 is 0 Å². The third kappa shape index (κ3) is 4.62. The number of pyridine rings is 1. The number of rotatable bonds is 3. The Morgan fingerprint density at radius 3 is 2.88 bits per heavy atom. The Hall–Kier alpha value is -2.30. The van der Waals surface area contributed by atoms with Gasteiger partial charge in [0.05, 0.1) is 6.61 Å². The molecule has 1 amide bonds. The quantitative estimate of drug-likeness (QED) is 0.836. The van der Waals surface area contributed by atoms with Crippen LogP contribution < -0.4 is 4.74 Å². The van der Waals surface area contributed by atoms with Crippen LogP contribution in [0.1, 0.15) is 33.6 Å². The molecule has 1 aliphatic rings. The molecule has 1 aliphatic heterocycles. The highest BCUT2D eigenvalue weighted by Crippen LogP contribution is 2.25. The fourth-order valence-electron chi connectivity index (χ4n) is 3.09. The van der Waals surface area contributed by atoms with Gasteiger partial charge in [-0.3, -0.25) is 4.98 Å². The molecule has 0 saturated carbocycles. The number of aromatic nitrogens is 1. The minimum atomic E-state index is -0.463. The van der Waals surface area contributed by atoms with E-state index in [1.54, 1.807) is 11.1 Å². The topological polar surface area (TPSA) is 51.7 Å². The van der Waals surface area contributed by atoms with E-state index in [9.17, 15) is 4.79 Å². The Morgan fingerprint density at radius 1 is 1.28 bits per heavy atom. The van der Waals surface area contributed by atoms with Crippen LogP contribution in [0.25, 0.3) is 10.9 Å². The number of carbonyl (C=O) groups is 1. The van der Waals surface area contributed by atoms with Gasteiger partial charge in [-0.15, -0.1) is 0 Å². The van der Waals surface area contributed by atoms with E-state index in [1.165, 1.54) is 0 Å². The number of hydrogen-bond acceptors (Lipinski definition) is 4. The third-order valence-electron chi connectivity index (χ3n) is 4.24. The highest BCUT2D eigenvalue weighted by Gasteiger charge is 2.28. The zero-order chi connectivity index (χ0) is 17.9. The van der Waals surface area contributed by atoms with Gasteiger partial charge in [0, 0.05) is 30.6 Å². The number of piperidine rings is 1. The molecule has 1 atom stereocenters. The summed E-state index contributed by atoms with van der Waals surface area (Å²) in [4.78, 5) is 18.5. The summed E-state index contributed by atoms with van der Waals surface area (Å²) in [5.41, 5.74) is 0.416. The van der Waals surface area contributed by atoms with Crippen molar-refractivity contribution in [1.29, 1.82) is 0 Å². The number of hydrogen-bond donors (Lipinski definition) is 0. The maximum atomic E-state index is 12.3. The van der Waals surface area contributed by atoms with E-state index in [4.69, 9.17) is 9.47 Å². The van der Waals surface area contributed by atoms with Crippen LogP contribution in [0.5, 0.6) is 5.75 Å². The molecular weight excluding hydrogens is 316 g/mol. The molecule has 1 aromatic carbocycles. The van der Waals surface area contributed by atoms with E-state index in [0.29, 0.717) is 19.1 Å². The summed E-state index contributed by atoms with van der Waals surface area (Å²) in [5, 5.41) is 1.07. The first kappa shape index (κ1) is 17.5. The fourth-order valence-corrected chi connectivity index (χ4v) is 3.09. The Balaban J connectivity index is 1.60. The number of para-hydroxylation sites is 1. The number of benzene rings is 1. The molecule has 2 heterocycles. The van der Waals surface area contributed by atoms with Gasteiger partial charge in [0.25, 0.3) is 0 Å². The molecule has 0 aliphatic carbocycles. The largest absolute Gasteiger partial charge is 0.491 e. The van der Waals surface area contributed by atoms with Gasteiger partial charge >= 0.3 is 6.09 Å². The molecule has 5 nitrogen and oxygen atoms in total. The SMILES string of the molecule is CC(C)(C)OC(=O)N1CCC[C@H](COc2cccc3cccnc23)C1. The first-order valence-electron chi connectivity index (χ1n) is 8.87. The van der Waals surface area contributed by atoms with Gasteiger partial charge in [-0.05, 0) is 45.7 Å². The predicted molar refractivity (Wildman–Crippen MR) is 97.8 cm³/mol. The summed E-state index contributed by atoms with van der Waals surface area (Å²) in [6.07, 6.45) is 3.57. The lowest BCUT2D eigenvalue weighted by Crippen LogP contribution is -2.44. The summed E-state index contributed by atoms with van der Waals surface area (Å²) in [6, 6.07) is 9.91. The normalized spacial score (nSPS) is 18.2. The van der Waals surface area contributed by atoms with Crippen LogP contribution in [-0.2, 0) is 4.74 Å². The monoisotopic (exact) mass is 342 g/mol. The van der Waals surface area contributed by atoms with Crippen LogP contribution in [-0.4, -0.2) is 41.3 Å². The molecule has 25 heavy (non-hydrogen) atoms. The van der Waals surface area contributed by atoms with E-state index < -0.39 is 5.60 Å². The minimum Gasteiger partial charge on any atom is -0.491 e. The van der Waals surface area contributed by atoms with Gasteiger partial charge in [0.15, 0.2) is 0 Å². The highest BCUT2D eigenvalue weighted by atomic mass is 16.6. The first-order chi connectivity index (χ1) is 11.9. The van der Waals surface area contributed by atoms with Crippen molar-refractivity contribution in [3.8, 4) is 5.75 Å². The molecule has 1 saturated heterocycles. The standard InChI is InChI=1S/C20H26N2O3/c1-20(2,3)25-19(23)22-12-6-7-15(13-22)14-24-17-10-4-8-16-9-5-11-21-18(16)17/h4-5,8-11,15H,6-7,12-14H2,1-3H3/t15-/m0/s1. The van der Waals surface area contributed by atoms with Crippen molar-refractivity contribution in [1.82, 2.24) is 9.88 Å². The second kappa shape index (κ2) is 7.30. The highest BCUT2D eigenvalue weighted by molar-refractivity contribution is 5.84. The second-order valence-electron chi connectivity index (χ2n) is 7.58. The van der Waals surface area contributed by atoms with Crippen molar-refractivity contribution in [2.45, 2.75) is 39.2 Å². The van der Waals surface area contributed by atoms with Crippen LogP contribution in [0.2, 0.25) is 0 Å². The average Bonchev–Trinajstić information content (AvgIpc) is 2.59. The summed E-state index contributed by atoms with van der Waals surface area (Å²) < 4.78 is 11.5. The molecule has 0 unspecified atom stereocenters. The van der Waals surface area contributed by atoms with Crippen molar-refractivity contribution < 1.29 is 14.3 Å². The lowest BCUT2D eigenvalue weighted by Gasteiger charge is -2.34.